The Morgan fingerprint density at radius 1 is 1.24 bits per heavy atom. The summed E-state index contributed by atoms with van der Waals surface area (Å²) in [6.07, 6.45) is 2.72. The normalized spacial score (nSPS) is 12.6. The Morgan fingerprint density at radius 3 is 2.41 bits per heavy atom. The highest BCUT2D eigenvalue weighted by Gasteiger charge is 2.24. The highest BCUT2D eigenvalue weighted by atomic mass is 32.2. The first kappa shape index (κ1) is 16.2. The van der Waals surface area contributed by atoms with Crippen molar-refractivity contribution in [3.8, 4) is 12.0 Å². The van der Waals surface area contributed by atoms with Crippen molar-refractivity contribution in [3.63, 3.8) is 0 Å². The second-order valence-corrected chi connectivity index (χ2v) is 4.52. The van der Waals surface area contributed by atoms with Crippen LogP contribution in [-0.2, 0) is 24.3 Å². The van der Waals surface area contributed by atoms with Crippen LogP contribution in [0.4, 0.5) is 0 Å². The molecular weight excluding hydrogens is 248 g/mol. The lowest BCUT2D eigenvalue weighted by Crippen LogP contribution is -2.28. The zero-order valence-electron chi connectivity index (χ0n) is 10.0. The molecule has 0 saturated carbocycles. The van der Waals surface area contributed by atoms with E-state index in [1.165, 1.54) is 0 Å². The van der Waals surface area contributed by atoms with Crippen LogP contribution in [0.2, 0.25) is 0 Å². The molecule has 0 aliphatic rings. The van der Waals surface area contributed by atoms with Crippen LogP contribution in [0.25, 0.3) is 0 Å². The van der Waals surface area contributed by atoms with Crippen LogP contribution in [0.3, 0.4) is 0 Å². The predicted octanol–water partition coefficient (Wildman–Crippen LogP) is 0.641. The SMILES string of the molecule is CCC#COC(COCCOCC)S(=O)(=O)O. The quantitative estimate of drug-likeness (QED) is 0.394. The van der Waals surface area contributed by atoms with E-state index in [0.29, 0.717) is 19.6 Å². The second-order valence-electron chi connectivity index (χ2n) is 2.97. The van der Waals surface area contributed by atoms with Crippen molar-refractivity contribution in [1.29, 1.82) is 0 Å². The standard InChI is InChI=1S/C10H18O6S/c1-3-5-6-16-10(17(11,12)13)9-15-8-7-14-4-2/h10H,3-4,7-9H2,1-2H3,(H,11,12,13). The van der Waals surface area contributed by atoms with E-state index in [1.54, 1.807) is 6.92 Å². The molecular formula is C10H18O6S. The molecule has 0 fully saturated rings. The van der Waals surface area contributed by atoms with Gasteiger partial charge in [0, 0.05) is 13.0 Å². The van der Waals surface area contributed by atoms with Crippen LogP contribution in [0.1, 0.15) is 20.3 Å². The van der Waals surface area contributed by atoms with E-state index in [9.17, 15) is 8.42 Å². The second kappa shape index (κ2) is 9.24. The number of ether oxygens (including phenoxy) is 3. The van der Waals surface area contributed by atoms with Crippen LogP contribution in [0, 0.1) is 12.0 Å². The maximum absolute atomic E-state index is 10.9. The van der Waals surface area contributed by atoms with E-state index in [0.717, 1.165) is 0 Å². The lowest BCUT2D eigenvalue weighted by atomic mass is 10.5. The molecule has 0 spiro atoms. The van der Waals surface area contributed by atoms with Gasteiger partial charge in [0.25, 0.3) is 5.44 Å². The van der Waals surface area contributed by atoms with Gasteiger partial charge in [-0.1, -0.05) is 12.8 Å². The molecule has 1 unspecified atom stereocenters. The number of rotatable bonds is 8. The summed E-state index contributed by atoms with van der Waals surface area (Å²) in [5.41, 5.74) is -1.48. The minimum atomic E-state index is -4.33. The van der Waals surface area contributed by atoms with Gasteiger partial charge >= 0.3 is 10.1 Å². The van der Waals surface area contributed by atoms with Gasteiger partial charge in [-0.2, -0.15) is 8.42 Å². The summed E-state index contributed by atoms with van der Waals surface area (Å²) in [6.45, 7) is 4.48. The molecule has 0 aromatic rings. The zero-order valence-corrected chi connectivity index (χ0v) is 10.8. The Hall–Kier alpha value is -0.810. The molecule has 0 radical (unpaired) electrons. The molecule has 0 rings (SSSR count). The summed E-state index contributed by atoms with van der Waals surface area (Å²) < 4.78 is 45.3. The van der Waals surface area contributed by atoms with Gasteiger partial charge in [-0.15, -0.1) is 0 Å². The summed E-state index contributed by atoms with van der Waals surface area (Å²) in [4.78, 5) is 0. The highest BCUT2D eigenvalue weighted by Crippen LogP contribution is 2.01. The average Bonchev–Trinajstić information content (AvgIpc) is 2.25. The average molecular weight is 266 g/mol. The third-order valence-electron chi connectivity index (χ3n) is 1.60. The molecule has 1 N–H and O–H groups in total. The Kier molecular flexibility index (Phi) is 8.80. The van der Waals surface area contributed by atoms with E-state index >= 15 is 0 Å². The molecule has 0 aliphatic heterocycles. The summed E-state index contributed by atoms with van der Waals surface area (Å²) in [5.74, 6) is 2.53. The Balaban J connectivity index is 4.04. The van der Waals surface area contributed by atoms with Crippen molar-refractivity contribution in [3.05, 3.63) is 0 Å². The molecule has 0 saturated heterocycles. The Labute approximate surface area is 102 Å². The maximum atomic E-state index is 10.9. The van der Waals surface area contributed by atoms with Crippen molar-refractivity contribution in [1.82, 2.24) is 0 Å². The van der Waals surface area contributed by atoms with Crippen LogP contribution in [0.15, 0.2) is 0 Å². The van der Waals surface area contributed by atoms with Gasteiger partial charge in [0.1, 0.15) is 12.7 Å². The predicted molar refractivity (Wildman–Crippen MR) is 61.8 cm³/mol. The van der Waals surface area contributed by atoms with E-state index in [4.69, 9.17) is 14.0 Å². The van der Waals surface area contributed by atoms with Crippen molar-refractivity contribution < 1.29 is 27.2 Å². The molecule has 17 heavy (non-hydrogen) atoms. The first-order chi connectivity index (χ1) is 8.02. The molecule has 6 nitrogen and oxygen atoms in total. The van der Waals surface area contributed by atoms with Crippen molar-refractivity contribution in [2.75, 3.05) is 26.4 Å². The maximum Gasteiger partial charge on any atom is 0.306 e. The van der Waals surface area contributed by atoms with Gasteiger partial charge in [-0.25, -0.2) is 0 Å². The first-order valence-corrected chi connectivity index (χ1v) is 6.78. The lowest BCUT2D eigenvalue weighted by molar-refractivity contribution is 0.0253. The Morgan fingerprint density at radius 2 is 1.88 bits per heavy atom. The fraction of sp³-hybridized carbons (Fsp3) is 0.800. The molecule has 1 atom stereocenters. The van der Waals surface area contributed by atoms with Gasteiger partial charge < -0.3 is 14.2 Å². The highest BCUT2D eigenvalue weighted by molar-refractivity contribution is 7.86. The fourth-order valence-corrected chi connectivity index (χ4v) is 1.24. The van der Waals surface area contributed by atoms with Gasteiger partial charge in [0.05, 0.1) is 13.2 Å². The Bertz CT molecular complexity index is 340. The molecule has 0 aliphatic carbocycles. The van der Waals surface area contributed by atoms with Crippen LogP contribution in [0.5, 0.6) is 0 Å². The number of hydrogen-bond donors (Lipinski definition) is 1. The topological polar surface area (TPSA) is 82.1 Å². The van der Waals surface area contributed by atoms with Crippen molar-refractivity contribution in [2.24, 2.45) is 0 Å². The van der Waals surface area contributed by atoms with E-state index in [2.05, 4.69) is 16.8 Å². The third-order valence-corrected chi connectivity index (χ3v) is 2.50. The lowest BCUT2D eigenvalue weighted by Gasteiger charge is -2.11. The van der Waals surface area contributed by atoms with Crippen molar-refractivity contribution >= 4 is 10.1 Å². The molecule has 0 bridgehead atoms. The molecule has 100 valence electrons. The smallest absolute Gasteiger partial charge is 0.306 e. The van der Waals surface area contributed by atoms with Gasteiger partial charge in [-0.3, -0.25) is 4.55 Å². The molecule has 0 aromatic carbocycles. The molecule has 0 heterocycles. The summed E-state index contributed by atoms with van der Waals surface area (Å²) >= 11 is 0. The monoisotopic (exact) mass is 266 g/mol. The summed E-state index contributed by atoms with van der Waals surface area (Å²) in [7, 11) is -4.33. The fourth-order valence-electron chi connectivity index (χ4n) is 0.802. The first-order valence-electron chi connectivity index (χ1n) is 5.27. The van der Waals surface area contributed by atoms with E-state index < -0.39 is 15.6 Å². The van der Waals surface area contributed by atoms with Gasteiger partial charge in [0.15, 0.2) is 0 Å². The van der Waals surface area contributed by atoms with E-state index in [-0.39, 0.29) is 13.2 Å². The van der Waals surface area contributed by atoms with Crippen LogP contribution in [-0.4, -0.2) is 44.8 Å². The van der Waals surface area contributed by atoms with Crippen molar-refractivity contribution in [2.45, 2.75) is 25.7 Å². The molecule has 7 heteroatoms. The van der Waals surface area contributed by atoms with Crippen LogP contribution < -0.4 is 0 Å². The third kappa shape index (κ3) is 8.94. The van der Waals surface area contributed by atoms with E-state index in [1.807, 2.05) is 6.92 Å². The summed E-state index contributed by atoms with van der Waals surface area (Å²) in [6, 6.07) is 0. The van der Waals surface area contributed by atoms with Gasteiger partial charge in [0.2, 0.25) is 0 Å². The number of hydrogen-bond acceptors (Lipinski definition) is 5. The van der Waals surface area contributed by atoms with Gasteiger partial charge in [-0.05, 0) is 6.92 Å². The molecule has 0 amide bonds. The summed E-state index contributed by atoms with van der Waals surface area (Å²) in [5, 5.41) is 0. The minimum absolute atomic E-state index is 0.227. The largest absolute Gasteiger partial charge is 0.422 e. The molecule has 0 aromatic heterocycles. The van der Waals surface area contributed by atoms with Crippen LogP contribution >= 0.6 is 0 Å². The minimum Gasteiger partial charge on any atom is -0.422 e. The zero-order chi connectivity index (χ0) is 13.1.